The lowest BCUT2D eigenvalue weighted by Crippen LogP contribution is -2.30. The highest BCUT2D eigenvalue weighted by atomic mass is 19.2. The standard InChI is InChI=1S/C20H23F2NO2/c1-14(24)12-17(15-6-3-2-4-7-15)13-23-19(25)11-10-16-8-5-9-18(21)20(16)22/h2-9,14,17,24H,10-13H2,1H3,(H,23,25). The topological polar surface area (TPSA) is 49.3 Å². The van der Waals surface area contributed by atoms with E-state index in [1.54, 1.807) is 6.92 Å². The Morgan fingerprint density at radius 1 is 1.12 bits per heavy atom. The molecule has 2 atom stereocenters. The normalized spacial score (nSPS) is 13.3. The lowest BCUT2D eigenvalue weighted by atomic mass is 9.93. The monoisotopic (exact) mass is 347 g/mol. The fourth-order valence-corrected chi connectivity index (χ4v) is 2.79. The fourth-order valence-electron chi connectivity index (χ4n) is 2.79. The molecule has 0 aromatic heterocycles. The summed E-state index contributed by atoms with van der Waals surface area (Å²) in [4.78, 5) is 12.0. The molecule has 2 N–H and O–H groups in total. The van der Waals surface area contributed by atoms with Gasteiger partial charge >= 0.3 is 0 Å². The second-order valence-electron chi connectivity index (χ2n) is 6.21. The summed E-state index contributed by atoms with van der Waals surface area (Å²) in [5.74, 6) is -2.03. The minimum absolute atomic E-state index is 0.00365. The minimum Gasteiger partial charge on any atom is -0.393 e. The Labute approximate surface area is 146 Å². The molecule has 2 aromatic carbocycles. The van der Waals surface area contributed by atoms with Crippen LogP contribution in [0.4, 0.5) is 8.78 Å². The van der Waals surface area contributed by atoms with Gasteiger partial charge in [-0.05, 0) is 37.0 Å². The summed E-state index contributed by atoms with van der Waals surface area (Å²) in [5.41, 5.74) is 1.23. The molecule has 0 spiro atoms. The number of aryl methyl sites for hydroxylation is 1. The zero-order valence-electron chi connectivity index (χ0n) is 14.2. The van der Waals surface area contributed by atoms with Gasteiger partial charge in [0.25, 0.3) is 0 Å². The van der Waals surface area contributed by atoms with Crippen LogP contribution >= 0.6 is 0 Å². The van der Waals surface area contributed by atoms with Crippen molar-refractivity contribution in [3.63, 3.8) is 0 Å². The molecule has 0 heterocycles. The lowest BCUT2D eigenvalue weighted by molar-refractivity contribution is -0.121. The largest absolute Gasteiger partial charge is 0.393 e. The number of amides is 1. The first kappa shape index (κ1) is 19.1. The van der Waals surface area contributed by atoms with Crippen LogP contribution in [0.5, 0.6) is 0 Å². The Kier molecular flexibility index (Phi) is 7.07. The maximum atomic E-state index is 13.6. The van der Waals surface area contributed by atoms with Crippen LogP contribution in [0.25, 0.3) is 0 Å². The van der Waals surface area contributed by atoms with Gasteiger partial charge in [0.1, 0.15) is 0 Å². The van der Waals surface area contributed by atoms with Gasteiger partial charge in [-0.25, -0.2) is 8.78 Å². The van der Waals surface area contributed by atoms with Gasteiger partial charge in [0.15, 0.2) is 11.6 Å². The van der Waals surface area contributed by atoms with Crippen LogP contribution in [0.2, 0.25) is 0 Å². The Balaban J connectivity index is 1.89. The highest BCUT2D eigenvalue weighted by Crippen LogP contribution is 2.20. The number of halogens is 2. The van der Waals surface area contributed by atoms with Gasteiger partial charge in [-0.15, -0.1) is 0 Å². The van der Waals surface area contributed by atoms with Crippen LogP contribution in [-0.4, -0.2) is 23.7 Å². The molecule has 2 unspecified atom stereocenters. The number of aliphatic hydroxyl groups excluding tert-OH is 1. The molecule has 0 bridgehead atoms. The van der Waals surface area contributed by atoms with Crippen LogP contribution in [0.3, 0.4) is 0 Å². The lowest BCUT2D eigenvalue weighted by Gasteiger charge is -2.19. The predicted molar refractivity (Wildman–Crippen MR) is 93.2 cm³/mol. The highest BCUT2D eigenvalue weighted by molar-refractivity contribution is 5.76. The number of hydrogen-bond donors (Lipinski definition) is 2. The summed E-state index contributed by atoms with van der Waals surface area (Å²) < 4.78 is 26.8. The molecule has 0 aliphatic carbocycles. The zero-order valence-corrected chi connectivity index (χ0v) is 14.2. The molecule has 0 radical (unpaired) electrons. The van der Waals surface area contributed by atoms with Gasteiger partial charge in [0.2, 0.25) is 5.91 Å². The third-order valence-electron chi connectivity index (χ3n) is 4.10. The van der Waals surface area contributed by atoms with Crippen molar-refractivity contribution in [2.75, 3.05) is 6.54 Å². The number of hydrogen-bond acceptors (Lipinski definition) is 2. The van der Waals surface area contributed by atoms with E-state index in [4.69, 9.17) is 0 Å². The van der Waals surface area contributed by atoms with Crippen molar-refractivity contribution >= 4 is 5.91 Å². The second-order valence-corrected chi connectivity index (χ2v) is 6.21. The number of benzene rings is 2. The third-order valence-corrected chi connectivity index (χ3v) is 4.10. The van der Waals surface area contributed by atoms with Gasteiger partial charge in [0.05, 0.1) is 6.10 Å². The molecule has 2 aromatic rings. The quantitative estimate of drug-likeness (QED) is 0.767. The van der Waals surface area contributed by atoms with Gasteiger partial charge in [-0.3, -0.25) is 4.79 Å². The molecule has 5 heteroatoms. The van der Waals surface area contributed by atoms with E-state index in [0.29, 0.717) is 13.0 Å². The molecule has 2 rings (SSSR count). The molecule has 0 fully saturated rings. The minimum atomic E-state index is -0.904. The van der Waals surface area contributed by atoms with Gasteiger partial charge in [-0.1, -0.05) is 42.5 Å². The van der Waals surface area contributed by atoms with E-state index >= 15 is 0 Å². The first-order valence-electron chi connectivity index (χ1n) is 8.40. The Hall–Kier alpha value is -2.27. The van der Waals surface area contributed by atoms with E-state index in [1.165, 1.54) is 12.1 Å². The van der Waals surface area contributed by atoms with Crippen LogP contribution in [0, 0.1) is 11.6 Å². The molecule has 25 heavy (non-hydrogen) atoms. The Morgan fingerprint density at radius 2 is 1.84 bits per heavy atom. The van der Waals surface area contributed by atoms with Crippen molar-refractivity contribution < 1.29 is 18.7 Å². The van der Waals surface area contributed by atoms with Crippen molar-refractivity contribution in [1.29, 1.82) is 0 Å². The summed E-state index contributed by atoms with van der Waals surface area (Å²) in [6, 6.07) is 13.6. The summed E-state index contributed by atoms with van der Waals surface area (Å²) in [6.07, 6.45) is 0.268. The maximum Gasteiger partial charge on any atom is 0.220 e. The number of nitrogens with one attached hydrogen (secondary N) is 1. The fraction of sp³-hybridized carbons (Fsp3) is 0.350. The molecule has 1 amide bonds. The molecule has 0 aliphatic rings. The highest BCUT2D eigenvalue weighted by Gasteiger charge is 2.16. The van der Waals surface area contributed by atoms with E-state index in [2.05, 4.69) is 5.32 Å². The van der Waals surface area contributed by atoms with E-state index in [1.807, 2.05) is 30.3 Å². The molecular weight excluding hydrogens is 324 g/mol. The second kappa shape index (κ2) is 9.28. The summed E-state index contributed by atoms with van der Waals surface area (Å²) in [7, 11) is 0. The van der Waals surface area contributed by atoms with Gasteiger partial charge in [0, 0.05) is 18.9 Å². The first-order chi connectivity index (χ1) is 12.0. The Bertz CT molecular complexity index is 689. The zero-order chi connectivity index (χ0) is 18.2. The van der Waals surface area contributed by atoms with E-state index in [9.17, 15) is 18.7 Å². The SMILES string of the molecule is CC(O)CC(CNC(=O)CCc1cccc(F)c1F)c1ccccc1. The smallest absolute Gasteiger partial charge is 0.220 e. The number of aliphatic hydroxyl groups is 1. The molecule has 0 aliphatic heterocycles. The summed E-state index contributed by atoms with van der Waals surface area (Å²) in [5, 5.41) is 12.5. The van der Waals surface area contributed by atoms with E-state index in [0.717, 1.165) is 11.6 Å². The van der Waals surface area contributed by atoms with Crippen LogP contribution in [0.15, 0.2) is 48.5 Å². The predicted octanol–water partition coefficient (Wildman–Crippen LogP) is 3.57. The number of rotatable bonds is 8. The van der Waals surface area contributed by atoms with Crippen LogP contribution in [0.1, 0.15) is 36.8 Å². The van der Waals surface area contributed by atoms with Crippen LogP contribution in [-0.2, 0) is 11.2 Å². The molecule has 134 valence electrons. The van der Waals surface area contributed by atoms with Crippen molar-refractivity contribution in [2.24, 2.45) is 0 Å². The Morgan fingerprint density at radius 3 is 2.52 bits per heavy atom. The molecule has 3 nitrogen and oxygen atoms in total. The summed E-state index contributed by atoms with van der Waals surface area (Å²) in [6.45, 7) is 2.10. The van der Waals surface area contributed by atoms with Crippen molar-refractivity contribution in [3.05, 3.63) is 71.3 Å². The average molecular weight is 347 g/mol. The molecule has 0 saturated heterocycles. The maximum absolute atomic E-state index is 13.6. The van der Waals surface area contributed by atoms with Crippen molar-refractivity contribution in [3.8, 4) is 0 Å². The van der Waals surface area contributed by atoms with E-state index in [-0.39, 0.29) is 30.2 Å². The van der Waals surface area contributed by atoms with Gasteiger partial charge < -0.3 is 10.4 Å². The van der Waals surface area contributed by atoms with Crippen LogP contribution < -0.4 is 5.32 Å². The molecular formula is C20H23F2NO2. The van der Waals surface area contributed by atoms with Crippen molar-refractivity contribution in [2.45, 2.75) is 38.2 Å². The van der Waals surface area contributed by atoms with Crippen molar-refractivity contribution in [1.82, 2.24) is 5.32 Å². The van der Waals surface area contributed by atoms with E-state index < -0.39 is 17.7 Å². The number of carbonyl (C=O) groups is 1. The average Bonchev–Trinajstić information content (AvgIpc) is 2.60. The van der Waals surface area contributed by atoms with Gasteiger partial charge in [-0.2, -0.15) is 0 Å². The summed E-state index contributed by atoms with van der Waals surface area (Å²) >= 11 is 0. The molecule has 0 saturated carbocycles. The first-order valence-corrected chi connectivity index (χ1v) is 8.40. The number of carbonyl (C=O) groups excluding carboxylic acids is 1. The third kappa shape index (κ3) is 5.94.